The smallest absolute Gasteiger partial charge is 0.223 e. The Morgan fingerprint density at radius 1 is 1.47 bits per heavy atom. The topological polar surface area (TPSA) is 117 Å². The standard InChI is InChI=1S/C10H16N6O3/c1-7(2)19-14-8(4-9(11)17)10(15-18-3)16-6-12-5-13-16/h5-7H,4H2,1-3H3,(H2,11,17). The van der Waals surface area contributed by atoms with Crippen molar-refractivity contribution in [3.63, 3.8) is 0 Å². The lowest BCUT2D eigenvalue weighted by Crippen LogP contribution is -2.29. The zero-order valence-electron chi connectivity index (χ0n) is 11.0. The third-order valence-electron chi connectivity index (χ3n) is 1.79. The molecule has 9 nitrogen and oxygen atoms in total. The highest BCUT2D eigenvalue weighted by molar-refractivity contribution is 6.44. The van der Waals surface area contributed by atoms with Crippen LogP contribution < -0.4 is 5.73 Å². The maximum absolute atomic E-state index is 11.1. The van der Waals surface area contributed by atoms with E-state index in [9.17, 15) is 4.79 Å². The lowest BCUT2D eigenvalue weighted by Gasteiger charge is -2.09. The van der Waals surface area contributed by atoms with Gasteiger partial charge in [0.2, 0.25) is 11.7 Å². The van der Waals surface area contributed by atoms with Gasteiger partial charge in [0.25, 0.3) is 0 Å². The van der Waals surface area contributed by atoms with Crippen molar-refractivity contribution in [3.05, 3.63) is 12.7 Å². The van der Waals surface area contributed by atoms with Crippen LogP contribution in [0.4, 0.5) is 0 Å². The van der Waals surface area contributed by atoms with Crippen LogP contribution in [0.1, 0.15) is 20.3 Å². The molecule has 0 unspecified atom stereocenters. The van der Waals surface area contributed by atoms with E-state index < -0.39 is 5.91 Å². The molecule has 0 atom stereocenters. The van der Waals surface area contributed by atoms with E-state index >= 15 is 0 Å². The second-order valence-corrected chi connectivity index (χ2v) is 3.77. The zero-order valence-corrected chi connectivity index (χ0v) is 11.0. The molecule has 0 aliphatic rings. The maximum atomic E-state index is 11.1. The van der Waals surface area contributed by atoms with Crippen LogP contribution in [0.2, 0.25) is 0 Å². The highest BCUT2D eigenvalue weighted by atomic mass is 16.6. The monoisotopic (exact) mass is 268 g/mol. The van der Waals surface area contributed by atoms with Crippen LogP contribution in [0.15, 0.2) is 23.0 Å². The van der Waals surface area contributed by atoms with Crippen LogP contribution in [0.5, 0.6) is 0 Å². The minimum Gasteiger partial charge on any atom is -0.397 e. The first-order valence-corrected chi connectivity index (χ1v) is 5.52. The molecule has 0 bridgehead atoms. The van der Waals surface area contributed by atoms with Crippen molar-refractivity contribution in [1.82, 2.24) is 14.8 Å². The van der Waals surface area contributed by atoms with E-state index in [4.69, 9.17) is 15.4 Å². The molecule has 0 fully saturated rings. The van der Waals surface area contributed by atoms with Crippen LogP contribution >= 0.6 is 0 Å². The largest absolute Gasteiger partial charge is 0.397 e. The summed E-state index contributed by atoms with van der Waals surface area (Å²) in [4.78, 5) is 24.7. The lowest BCUT2D eigenvalue weighted by molar-refractivity contribution is -0.116. The Kier molecular flexibility index (Phi) is 5.45. The second-order valence-electron chi connectivity index (χ2n) is 3.77. The summed E-state index contributed by atoms with van der Waals surface area (Å²) in [5, 5.41) is 11.5. The average molecular weight is 268 g/mol. The van der Waals surface area contributed by atoms with Gasteiger partial charge in [-0.3, -0.25) is 4.79 Å². The normalized spacial score (nSPS) is 12.6. The second kappa shape index (κ2) is 7.09. The first-order valence-electron chi connectivity index (χ1n) is 5.52. The number of hydrogen-bond acceptors (Lipinski definition) is 7. The molecule has 1 aromatic heterocycles. The predicted molar refractivity (Wildman–Crippen MR) is 67.3 cm³/mol. The zero-order chi connectivity index (χ0) is 14.3. The molecule has 1 aromatic rings. The van der Waals surface area contributed by atoms with Crippen LogP contribution in [-0.4, -0.2) is 45.4 Å². The number of oxime groups is 2. The maximum Gasteiger partial charge on any atom is 0.223 e. The van der Waals surface area contributed by atoms with E-state index in [-0.39, 0.29) is 24.1 Å². The first-order chi connectivity index (χ1) is 9.04. The number of rotatable bonds is 6. The molecule has 2 N–H and O–H groups in total. The van der Waals surface area contributed by atoms with Gasteiger partial charge in [-0.2, -0.15) is 9.78 Å². The number of hydrogen-bond donors (Lipinski definition) is 1. The average Bonchev–Trinajstić information content (AvgIpc) is 2.84. The Balaban J connectivity index is 3.08. The van der Waals surface area contributed by atoms with Crippen LogP contribution in [0, 0.1) is 0 Å². The molecule has 1 rings (SSSR count). The number of amides is 1. The van der Waals surface area contributed by atoms with E-state index in [2.05, 4.69) is 20.4 Å². The van der Waals surface area contributed by atoms with Crippen molar-refractivity contribution in [1.29, 1.82) is 0 Å². The fourth-order valence-electron chi connectivity index (χ4n) is 1.12. The molecule has 9 heteroatoms. The van der Waals surface area contributed by atoms with Crippen LogP contribution in [-0.2, 0) is 14.5 Å². The molecule has 19 heavy (non-hydrogen) atoms. The first kappa shape index (κ1) is 14.6. The number of aromatic nitrogens is 3. The van der Waals surface area contributed by atoms with Crippen molar-refractivity contribution < 1.29 is 14.5 Å². The summed E-state index contributed by atoms with van der Waals surface area (Å²) in [6.45, 7) is 3.60. The van der Waals surface area contributed by atoms with Gasteiger partial charge in [0.1, 0.15) is 31.6 Å². The SMILES string of the molecule is CON=C(C(CC(N)=O)=NOC(C)C)n1cncn1. The summed E-state index contributed by atoms with van der Waals surface area (Å²) < 4.78 is 1.30. The van der Waals surface area contributed by atoms with E-state index in [0.29, 0.717) is 0 Å². The van der Waals surface area contributed by atoms with Gasteiger partial charge in [0.15, 0.2) is 0 Å². The third kappa shape index (κ3) is 4.74. The highest BCUT2D eigenvalue weighted by Crippen LogP contribution is 1.99. The molecule has 1 amide bonds. The Morgan fingerprint density at radius 2 is 2.21 bits per heavy atom. The van der Waals surface area contributed by atoms with Crippen molar-refractivity contribution in [2.75, 3.05) is 7.11 Å². The fraction of sp³-hybridized carbons (Fsp3) is 0.500. The molecule has 0 saturated carbocycles. The minimum absolute atomic E-state index is 0.151. The molecular weight excluding hydrogens is 252 g/mol. The van der Waals surface area contributed by atoms with Crippen molar-refractivity contribution in [2.24, 2.45) is 16.0 Å². The van der Waals surface area contributed by atoms with Gasteiger partial charge >= 0.3 is 0 Å². The van der Waals surface area contributed by atoms with Crippen molar-refractivity contribution in [3.8, 4) is 0 Å². The fourth-order valence-corrected chi connectivity index (χ4v) is 1.12. The summed E-state index contributed by atoms with van der Waals surface area (Å²) in [5.74, 6) is -0.394. The van der Waals surface area contributed by atoms with Gasteiger partial charge in [-0.15, -0.1) is 0 Å². The van der Waals surface area contributed by atoms with Gasteiger partial charge in [0.05, 0.1) is 6.42 Å². The highest BCUT2D eigenvalue weighted by Gasteiger charge is 2.17. The summed E-state index contributed by atoms with van der Waals surface area (Å²) in [6.07, 6.45) is 2.40. The Hall–Kier alpha value is -2.45. The summed E-state index contributed by atoms with van der Waals surface area (Å²) in [6, 6.07) is 0. The minimum atomic E-state index is -0.574. The number of nitrogens with two attached hydrogens (primary N) is 1. The number of primary amides is 1. The van der Waals surface area contributed by atoms with E-state index in [1.807, 2.05) is 0 Å². The van der Waals surface area contributed by atoms with E-state index in [1.54, 1.807) is 13.8 Å². The summed E-state index contributed by atoms with van der Waals surface area (Å²) >= 11 is 0. The summed E-state index contributed by atoms with van der Waals surface area (Å²) in [5.41, 5.74) is 5.37. The lowest BCUT2D eigenvalue weighted by atomic mass is 10.2. The number of nitrogens with zero attached hydrogens (tertiary/aromatic N) is 5. The summed E-state index contributed by atoms with van der Waals surface area (Å²) in [7, 11) is 1.36. The predicted octanol–water partition coefficient (Wildman–Crippen LogP) is -0.258. The molecule has 0 aliphatic heterocycles. The quantitative estimate of drug-likeness (QED) is 0.433. The molecule has 104 valence electrons. The van der Waals surface area contributed by atoms with Crippen molar-refractivity contribution in [2.45, 2.75) is 26.4 Å². The van der Waals surface area contributed by atoms with Gasteiger partial charge in [-0.25, -0.2) is 4.98 Å². The molecule has 0 radical (unpaired) electrons. The third-order valence-corrected chi connectivity index (χ3v) is 1.79. The molecule has 1 heterocycles. The van der Waals surface area contributed by atoms with E-state index in [1.165, 1.54) is 24.4 Å². The van der Waals surface area contributed by atoms with Crippen LogP contribution in [0.25, 0.3) is 0 Å². The Bertz CT molecular complexity index is 466. The number of carbonyl (C=O) groups excluding carboxylic acids is 1. The molecular formula is C10H16N6O3. The van der Waals surface area contributed by atoms with Crippen LogP contribution in [0.3, 0.4) is 0 Å². The van der Waals surface area contributed by atoms with Crippen molar-refractivity contribution >= 4 is 17.5 Å². The van der Waals surface area contributed by atoms with E-state index in [0.717, 1.165) is 0 Å². The molecule has 0 aromatic carbocycles. The Labute approximate surface area is 110 Å². The molecule has 0 spiro atoms. The molecule has 0 aliphatic carbocycles. The van der Waals surface area contributed by atoms with Gasteiger partial charge in [0, 0.05) is 0 Å². The number of carbonyl (C=O) groups is 1. The Morgan fingerprint density at radius 3 is 2.68 bits per heavy atom. The molecule has 0 saturated heterocycles. The van der Waals surface area contributed by atoms with Gasteiger partial charge < -0.3 is 15.4 Å². The van der Waals surface area contributed by atoms with Gasteiger partial charge in [-0.05, 0) is 13.8 Å². The van der Waals surface area contributed by atoms with Gasteiger partial charge in [-0.1, -0.05) is 10.3 Å².